The van der Waals surface area contributed by atoms with Crippen LogP contribution < -0.4 is 10.2 Å². The number of fused-ring (bicyclic) bond motifs is 1. The highest BCUT2D eigenvalue weighted by Crippen LogP contribution is 2.55. The molecule has 1 amide bonds. The molecule has 3 fully saturated rings. The maximum Gasteiger partial charge on any atom is 0.273 e. The second kappa shape index (κ2) is 6.31. The Kier molecular flexibility index (Phi) is 3.88. The fourth-order valence-corrected chi connectivity index (χ4v) is 5.07. The Morgan fingerprint density at radius 2 is 2.36 bits per heavy atom. The molecule has 2 aromatic heterocycles. The van der Waals surface area contributed by atoms with Gasteiger partial charge in [-0.2, -0.15) is 5.26 Å². The first kappa shape index (κ1) is 17.2. The predicted molar refractivity (Wildman–Crippen MR) is 98.6 cm³/mol. The Balaban J connectivity index is 1.30. The number of nitrogens with zero attached hydrogens (tertiary/aromatic N) is 4. The molecule has 0 aliphatic carbocycles. The van der Waals surface area contributed by atoms with Crippen molar-refractivity contribution in [3.05, 3.63) is 41.7 Å². The molecule has 2 aromatic rings. The van der Waals surface area contributed by atoms with Crippen molar-refractivity contribution in [2.45, 2.75) is 31.5 Å². The molecule has 2 bridgehead atoms. The quantitative estimate of drug-likeness (QED) is 0.861. The molecule has 3 aliphatic rings. The van der Waals surface area contributed by atoms with E-state index in [9.17, 15) is 4.79 Å². The van der Waals surface area contributed by atoms with Crippen LogP contribution in [0.5, 0.6) is 0 Å². The van der Waals surface area contributed by atoms with Crippen LogP contribution in [0.1, 0.15) is 34.9 Å². The molecule has 5 heterocycles. The zero-order valence-electron chi connectivity index (χ0n) is 15.6. The number of carbonyl (C=O) groups is 1. The third kappa shape index (κ3) is 2.66. The number of oxazole rings is 1. The molecule has 0 aromatic carbocycles. The molecule has 3 aliphatic heterocycles. The van der Waals surface area contributed by atoms with Gasteiger partial charge in [-0.05, 0) is 25.0 Å². The average molecular weight is 379 g/mol. The van der Waals surface area contributed by atoms with Crippen molar-refractivity contribution in [3.63, 3.8) is 0 Å². The number of anilines is 1. The molecule has 1 N–H and O–H groups in total. The molecule has 4 atom stereocenters. The normalized spacial score (nSPS) is 30.3. The van der Waals surface area contributed by atoms with Crippen molar-refractivity contribution < 1.29 is 13.9 Å². The second-order valence-corrected chi connectivity index (χ2v) is 7.87. The van der Waals surface area contributed by atoms with Crippen LogP contribution in [0.4, 0.5) is 5.82 Å². The molecule has 28 heavy (non-hydrogen) atoms. The van der Waals surface area contributed by atoms with E-state index in [0.717, 1.165) is 31.7 Å². The minimum atomic E-state index is -0.216. The number of aromatic nitrogens is 2. The number of nitriles is 1. The van der Waals surface area contributed by atoms with E-state index in [2.05, 4.69) is 26.3 Å². The van der Waals surface area contributed by atoms with E-state index in [0.29, 0.717) is 29.7 Å². The van der Waals surface area contributed by atoms with E-state index in [4.69, 9.17) is 14.4 Å². The molecule has 8 nitrogen and oxygen atoms in total. The Labute approximate surface area is 162 Å². The third-order valence-electron chi connectivity index (χ3n) is 6.31. The zero-order chi connectivity index (χ0) is 19.3. The lowest BCUT2D eigenvalue weighted by molar-refractivity contribution is 0.0141. The fourth-order valence-electron chi connectivity index (χ4n) is 5.07. The van der Waals surface area contributed by atoms with Crippen molar-refractivity contribution in [2.75, 3.05) is 24.5 Å². The van der Waals surface area contributed by atoms with Crippen LogP contribution in [0.25, 0.3) is 0 Å². The number of aryl methyl sites for hydroxylation is 1. The Morgan fingerprint density at radius 1 is 1.46 bits per heavy atom. The summed E-state index contributed by atoms with van der Waals surface area (Å²) in [5.41, 5.74) is 0.556. The first-order valence-electron chi connectivity index (χ1n) is 9.58. The minimum absolute atomic E-state index is 0.172. The van der Waals surface area contributed by atoms with E-state index in [1.54, 1.807) is 13.0 Å². The lowest BCUT2D eigenvalue weighted by Gasteiger charge is -2.29. The Hall–Kier alpha value is -2.92. The molecule has 8 heteroatoms. The standard InChI is InChI=1S/C20H21N5O3/c1-12-23-16(10-27-12)19(26)22-8-14-15-9-25(11-20(15)6-5-17(14)28-20)18-4-2-3-13(7-21)24-18/h2-4,10,14-15,17H,5-6,8-9,11H2,1H3,(H,22,26)/t14-,15+,17+,20+/m0/s1. The lowest BCUT2D eigenvalue weighted by Crippen LogP contribution is -2.42. The highest BCUT2D eigenvalue weighted by atomic mass is 16.5. The first-order chi connectivity index (χ1) is 13.6. The van der Waals surface area contributed by atoms with E-state index in [-0.39, 0.29) is 23.5 Å². The van der Waals surface area contributed by atoms with Gasteiger partial charge in [-0.1, -0.05) is 6.07 Å². The van der Waals surface area contributed by atoms with Crippen molar-refractivity contribution in [1.82, 2.24) is 15.3 Å². The van der Waals surface area contributed by atoms with Gasteiger partial charge in [0.2, 0.25) is 0 Å². The molecule has 0 saturated carbocycles. The largest absolute Gasteiger partial charge is 0.448 e. The van der Waals surface area contributed by atoms with E-state index in [1.807, 2.05) is 12.1 Å². The summed E-state index contributed by atoms with van der Waals surface area (Å²) < 4.78 is 11.6. The molecule has 1 spiro atoms. The fraction of sp³-hybridized carbons (Fsp3) is 0.500. The summed E-state index contributed by atoms with van der Waals surface area (Å²) in [6.45, 7) is 3.87. The van der Waals surface area contributed by atoms with Crippen molar-refractivity contribution in [3.8, 4) is 6.07 Å². The van der Waals surface area contributed by atoms with Gasteiger partial charge in [-0.15, -0.1) is 0 Å². The number of ether oxygens (including phenoxy) is 1. The first-order valence-corrected chi connectivity index (χ1v) is 9.58. The average Bonchev–Trinajstić information content (AvgIpc) is 3.46. The number of pyridine rings is 1. The molecule has 0 radical (unpaired) electrons. The Bertz CT molecular complexity index is 967. The molecule has 3 saturated heterocycles. The SMILES string of the molecule is Cc1nc(C(=O)NC[C@H]2[C@H]3CN(c4cccc(C#N)n4)C[C@]34CC[C@H]2O4)co1. The highest BCUT2D eigenvalue weighted by Gasteiger charge is 2.63. The summed E-state index contributed by atoms with van der Waals surface area (Å²) in [6.07, 6.45) is 3.61. The summed E-state index contributed by atoms with van der Waals surface area (Å²) in [5.74, 6) is 1.67. The van der Waals surface area contributed by atoms with Crippen molar-refractivity contribution >= 4 is 11.7 Å². The number of nitrogens with one attached hydrogen (secondary N) is 1. The topological polar surface area (TPSA) is 104 Å². The van der Waals surface area contributed by atoms with E-state index >= 15 is 0 Å². The zero-order valence-corrected chi connectivity index (χ0v) is 15.6. The van der Waals surface area contributed by atoms with Gasteiger partial charge in [0, 0.05) is 38.4 Å². The molecule has 0 unspecified atom stereocenters. The molecule has 144 valence electrons. The number of rotatable bonds is 4. The van der Waals surface area contributed by atoms with Crippen LogP contribution in [-0.4, -0.2) is 47.2 Å². The van der Waals surface area contributed by atoms with E-state index in [1.165, 1.54) is 6.26 Å². The van der Waals surface area contributed by atoms with Gasteiger partial charge < -0.3 is 19.4 Å². The van der Waals surface area contributed by atoms with Crippen LogP contribution >= 0.6 is 0 Å². The minimum Gasteiger partial charge on any atom is -0.448 e. The van der Waals surface area contributed by atoms with Gasteiger partial charge in [0.15, 0.2) is 11.6 Å². The van der Waals surface area contributed by atoms with Gasteiger partial charge in [-0.3, -0.25) is 4.79 Å². The smallest absolute Gasteiger partial charge is 0.273 e. The van der Waals surface area contributed by atoms with Gasteiger partial charge in [0.25, 0.3) is 5.91 Å². The molecule has 5 rings (SSSR count). The summed E-state index contributed by atoms with van der Waals surface area (Å²) in [5, 5.41) is 12.1. The predicted octanol–water partition coefficient (Wildman–Crippen LogP) is 1.66. The van der Waals surface area contributed by atoms with Crippen LogP contribution in [0.15, 0.2) is 28.9 Å². The number of carbonyl (C=O) groups excluding carboxylic acids is 1. The number of hydrogen-bond donors (Lipinski definition) is 1. The van der Waals surface area contributed by atoms with Gasteiger partial charge in [-0.25, -0.2) is 9.97 Å². The van der Waals surface area contributed by atoms with Gasteiger partial charge in [0.1, 0.15) is 23.8 Å². The number of amides is 1. The second-order valence-electron chi connectivity index (χ2n) is 7.87. The molecular weight excluding hydrogens is 358 g/mol. The third-order valence-corrected chi connectivity index (χ3v) is 6.31. The van der Waals surface area contributed by atoms with Crippen LogP contribution in [-0.2, 0) is 4.74 Å². The van der Waals surface area contributed by atoms with E-state index < -0.39 is 0 Å². The van der Waals surface area contributed by atoms with Crippen molar-refractivity contribution in [2.24, 2.45) is 11.8 Å². The maximum atomic E-state index is 12.3. The Morgan fingerprint density at radius 3 is 3.14 bits per heavy atom. The number of hydrogen-bond acceptors (Lipinski definition) is 7. The summed E-state index contributed by atoms with van der Waals surface area (Å²) in [7, 11) is 0. The van der Waals surface area contributed by atoms with Gasteiger partial charge in [0.05, 0.1) is 11.7 Å². The summed E-state index contributed by atoms with van der Waals surface area (Å²) in [6, 6.07) is 7.62. The molecular formula is C20H21N5O3. The van der Waals surface area contributed by atoms with Crippen LogP contribution in [0, 0.1) is 30.1 Å². The van der Waals surface area contributed by atoms with Crippen LogP contribution in [0.3, 0.4) is 0 Å². The monoisotopic (exact) mass is 379 g/mol. The lowest BCUT2D eigenvalue weighted by atomic mass is 9.73. The summed E-state index contributed by atoms with van der Waals surface area (Å²) in [4.78, 5) is 23.1. The summed E-state index contributed by atoms with van der Waals surface area (Å²) >= 11 is 0. The maximum absolute atomic E-state index is 12.3. The van der Waals surface area contributed by atoms with Crippen LogP contribution in [0.2, 0.25) is 0 Å². The highest BCUT2D eigenvalue weighted by molar-refractivity contribution is 5.91. The van der Waals surface area contributed by atoms with Gasteiger partial charge >= 0.3 is 0 Å². The van der Waals surface area contributed by atoms with Crippen molar-refractivity contribution in [1.29, 1.82) is 5.26 Å².